The molecule has 1 N–H and O–H groups in total. The Morgan fingerprint density at radius 3 is 2.18 bits per heavy atom. The Morgan fingerprint density at radius 1 is 1.03 bits per heavy atom. The Bertz CT molecular complexity index is 1100. The average molecular weight is 539 g/mol. The van der Waals surface area contributed by atoms with Crippen LogP contribution in [0.4, 0.5) is 5.69 Å². The molecule has 1 atom stereocenters. The highest BCUT2D eigenvalue weighted by molar-refractivity contribution is 9.10. The predicted octanol–water partition coefficient (Wildman–Crippen LogP) is 3.77. The molecule has 0 heterocycles. The SMILES string of the molecule is Cc1ccc(C)c(N(CC(=O)N(Cc2ccc(Br)cc2)[C@H](C)C(=O)NC(C)C)S(C)(=O)=O)c1. The second-order valence-electron chi connectivity index (χ2n) is 8.55. The van der Waals surface area contributed by atoms with Crippen LogP contribution in [0.1, 0.15) is 37.5 Å². The summed E-state index contributed by atoms with van der Waals surface area (Å²) in [5.74, 6) is -0.760. The lowest BCUT2D eigenvalue weighted by molar-refractivity contribution is -0.139. The first-order chi connectivity index (χ1) is 15.3. The molecule has 0 aromatic heterocycles. The minimum Gasteiger partial charge on any atom is -0.352 e. The van der Waals surface area contributed by atoms with Crippen LogP contribution >= 0.6 is 15.9 Å². The number of benzene rings is 2. The van der Waals surface area contributed by atoms with Crippen LogP contribution in [-0.4, -0.2) is 50.0 Å². The smallest absolute Gasteiger partial charge is 0.244 e. The number of hydrogen-bond acceptors (Lipinski definition) is 4. The van der Waals surface area contributed by atoms with E-state index >= 15 is 0 Å². The third-order valence-corrected chi connectivity index (χ3v) is 6.83. The maximum atomic E-state index is 13.5. The standard InChI is InChI=1S/C24H32BrN3O4S/c1-16(2)26-24(30)19(5)27(14-20-9-11-21(25)12-10-20)23(29)15-28(33(6,31)32)22-13-17(3)7-8-18(22)4/h7-13,16,19H,14-15H2,1-6H3,(H,26,30)/t19-/m1/s1. The molecule has 0 spiro atoms. The third kappa shape index (κ3) is 7.57. The number of carbonyl (C=O) groups is 2. The van der Waals surface area contributed by atoms with Gasteiger partial charge in [0.1, 0.15) is 12.6 Å². The fourth-order valence-corrected chi connectivity index (χ4v) is 4.52. The van der Waals surface area contributed by atoms with Crippen LogP contribution < -0.4 is 9.62 Å². The molecule has 0 aliphatic rings. The number of anilines is 1. The predicted molar refractivity (Wildman–Crippen MR) is 136 cm³/mol. The molecule has 7 nitrogen and oxygen atoms in total. The fourth-order valence-electron chi connectivity index (χ4n) is 3.36. The van der Waals surface area contributed by atoms with Gasteiger partial charge in [0.2, 0.25) is 21.8 Å². The van der Waals surface area contributed by atoms with Crippen molar-refractivity contribution >= 4 is 43.5 Å². The fraction of sp³-hybridized carbons (Fsp3) is 0.417. The highest BCUT2D eigenvalue weighted by atomic mass is 79.9. The van der Waals surface area contributed by atoms with Crippen molar-refractivity contribution in [3.05, 3.63) is 63.6 Å². The first-order valence-electron chi connectivity index (χ1n) is 10.7. The zero-order chi connectivity index (χ0) is 24.9. The van der Waals surface area contributed by atoms with Crippen molar-refractivity contribution in [3.63, 3.8) is 0 Å². The van der Waals surface area contributed by atoms with E-state index in [-0.39, 0.29) is 18.5 Å². The van der Waals surface area contributed by atoms with Crippen molar-refractivity contribution in [2.45, 2.75) is 53.2 Å². The second-order valence-corrected chi connectivity index (χ2v) is 11.4. The maximum Gasteiger partial charge on any atom is 0.244 e. The van der Waals surface area contributed by atoms with Gasteiger partial charge in [0.25, 0.3) is 0 Å². The lowest BCUT2D eigenvalue weighted by Gasteiger charge is -2.32. The molecule has 0 radical (unpaired) electrons. The number of nitrogens with zero attached hydrogens (tertiary/aromatic N) is 2. The van der Waals surface area contributed by atoms with Crippen LogP contribution in [0.3, 0.4) is 0 Å². The van der Waals surface area contributed by atoms with Gasteiger partial charge < -0.3 is 10.2 Å². The van der Waals surface area contributed by atoms with Gasteiger partial charge in [-0.3, -0.25) is 13.9 Å². The zero-order valence-corrected chi connectivity index (χ0v) is 22.3. The highest BCUT2D eigenvalue weighted by Crippen LogP contribution is 2.24. The van der Waals surface area contributed by atoms with Gasteiger partial charge in [-0.1, -0.05) is 40.2 Å². The van der Waals surface area contributed by atoms with Gasteiger partial charge in [-0.25, -0.2) is 8.42 Å². The van der Waals surface area contributed by atoms with E-state index in [1.165, 1.54) is 4.90 Å². The Balaban J connectivity index is 2.42. The van der Waals surface area contributed by atoms with E-state index in [0.717, 1.165) is 31.7 Å². The normalized spacial score (nSPS) is 12.4. The van der Waals surface area contributed by atoms with E-state index in [4.69, 9.17) is 0 Å². The minimum absolute atomic E-state index is 0.0907. The monoisotopic (exact) mass is 537 g/mol. The molecule has 0 saturated carbocycles. The minimum atomic E-state index is -3.75. The van der Waals surface area contributed by atoms with E-state index in [2.05, 4.69) is 21.2 Å². The number of nitrogens with one attached hydrogen (secondary N) is 1. The van der Waals surface area contributed by atoms with E-state index in [9.17, 15) is 18.0 Å². The van der Waals surface area contributed by atoms with Gasteiger partial charge in [-0.05, 0) is 69.5 Å². The third-order valence-electron chi connectivity index (χ3n) is 5.18. The summed E-state index contributed by atoms with van der Waals surface area (Å²) in [5.41, 5.74) is 2.90. The molecular formula is C24H32BrN3O4S. The molecule has 9 heteroatoms. The van der Waals surface area contributed by atoms with Crippen molar-refractivity contribution in [2.75, 3.05) is 17.1 Å². The lowest BCUT2D eigenvalue weighted by atomic mass is 10.1. The van der Waals surface area contributed by atoms with Gasteiger partial charge in [-0.15, -0.1) is 0 Å². The number of halogens is 1. The van der Waals surface area contributed by atoms with E-state index in [1.54, 1.807) is 19.9 Å². The van der Waals surface area contributed by atoms with E-state index in [1.807, 2.05) is 57.2 Å². The molecular weight excluding hydrogens is 506 g/mol. The Hall–Kier alpha value is -2.39. The van der Waals surface area contributed by atoms with Crippen molar-refractivity contribution in [2.24, 2.45) is 0 Å². The molecule has 0 unspecified atom stereocenters. The second kappa shape index (κ2) is 11.2. The van der Waals surface area contributed by atoms with Crippen LogP contribution in [-0.2, 0) is 26.2 Å². The molecule has 2 rings (SSSR count). The Labute approximate surface area is 205 Å². The first-order valence-corrected chi connectivity index (χ1v) is 13.3. The van der Waals surface area contributed by atoms with Gasteiger partial charge in [0.15, 0.2) is 0 Å². The van der Waals surface area contributed by atoms with Gasteiger partial charge >= 0.3 is 0 Å². The highest BCUT2D eigenvalue weighted by Gasteiger charge is 2.30. The molecule has 180 valence electrons. The summed E-state index contributed by atoms with van der Waals surface area (Å²) in [6, 6.07) is 12.0. The van der Waals surface area contributed by atoms with Crippen LogP contribution in [0, 0.1) is 13.8 Å². The van der Waals surface area contributed by atoms with Crippen molar-refractivity contribution in [1.82, 2.24) is 10.2 Å². The molecule has 0 bridgehead atoms. The van der Waals surface area contributed by atoms with Gasteiger partial charge in [0.05, 0.1) is 11.9 Å². The summed E-state index contributed by atoms with van der Waals surface area (Å²) in [6.45, 7) is 8.77. The topological polar surface area (TPSA) is 86.8 Å². The Morgan fingerprint density at radius 2 is 1.64 bits per heavy atom. The summed E-state index contributed by atoms with van der Waals surface area (Å²) in [4.78, 5) is 27.7. The molecule has 0 aliphatic heterocycles. The number of carbonyl (C=O) groups excluding carboxylic acids is 2. The molecule has 2 aromatic carbocycles. The first kappa shape index (κ1) is 26.9. The van der Waals surface area contributed by atoms with Crippen LogP contribution in [0.2, 0.25) is 0 Å². The molecule has 0 saturated heterocycles. The van der Waals surface area contributed by atoms with Crippen molar-refractivity contribution < 1.29 is 18.0 Å². The average Bonchev–Trinajstić information content (AvgIpc) is 2.71. The van der Waals surface area contributed by atoms with Crippen molar-refractivity contribution in [1.29, 1.82) is 0 Å². The van der Waals surface area contributed by atoms with Crippen LogP contribution in [0.25, 0.3) is 0 Å². The Kier molecular flexibility index (Phi) is 9.08. The summed E-state index contributed by atoms with van der Waals surface area (Å²) >= 11 is 3.39. The van der Waals surface area contributed by atoms with Gasteiger partial charge in [0, 0.05) is 17.1 Å². The molecule has 0 aliphatic carbocycles. The van der Waals surface area contributed by atoms with Crippen LogP contribution in [0.15, 0.2) is 46.9 Å². The van der Waals surface area contributed by atoms with E-state index in [0.29, 0.717) is 5.69 Å². The van der Waals surface area contributed by atoms with Crippen LogP contribution in [0.5, 0.6) is 0 Å². The molecule has 0 fully saturated rings. The van der Waals surface area contributed by atoms with Gasteiger partial charge in [-0.2, -0.15) is 0 Å². The van der Waals surface area contributed by atoms with E-state index < -0.39 is 28.5 Å². The molecule has 2 amide bonds. The maximum absolute atomic E-state index is 13.5. The summed E-state index contributed by atoms with van der Waals surface area (Å²) in [7, 11) is -3.75. The summed E-state index contributed by atoms with van der Waals surface area (Å²) < 4.78 is 27.3. The number of hydrogen-bond donors (Lipinski definition) is 1. The van der Waals surface area contributed by atoms with Crippen molar-refractivity contribution in [3.8, 4) is 0 Å². The molecule has 33 heavy (non-hydrogen) atoms. The number of amides is 2. The lowest BCUT2D eigenvalue weighted by Crippen LogP contribution is -2.52. The quantitative estimate of drug-likeness (QED) is 0.527. The summed E-state index contributed by atoms with van der Waals surface area (Å²) in [5, 5.41) is 2.83. The number of rotatable bonds is 9. The number of aryl methyl sites for hydroxylation is 2. The zero-order valence-electron chi connectivity index (χ0n) is 19.9. The largest absolute Gasteiger partial charge is 0.352 e. The summed E-state index contributed by atoms with van der Waals surface area (Å²) in [6.07, 6.45) is 1.08. The number of sulfonamides is 1. The molecule has 2 aromatic rings.